The summed E-state index contributed by atoms with van der Waals surface area (Å²) in [5, 5.41) is 9.98. The van der Waals surface area contributed by atoms with Gasteiger partial charge in [0.1, 0.15) is 11.6 Å². The molecule has 0 aromatic rings. The molecule has 0 saturated carbocycles. The Labute approximate surface area is 201 Å². The Morgan fingerprint density at radius 3 is 2.18 bits per heavy atom. The summed E-state index contributed by atoms with van der Waals surface area (Å²) in [6, 6.07) is -0.887. The van der Waals surface area contributed by atoms with Crippen molar-refractivity contribution in [2.45, 2.75) is 77.9 Å². The molecule has 4 amide bonds. The van der Waals surface area contributed by atoms with Crippen LogP contribution < -0.4 is 21.3 Å². The summed E-state index contributed by atoms with van der Waals surface area (Å²) in [4.78, 5) is 59.4. The fourth-order valence-corrected chi connectivity index (χ4v) is 2.57. The molecule has 0 saturated heterocycles. The molecule has 0 fully saturated rings. The van der Waals surface area contributed by atoms with Crippen molar-refractivity contribution in [3.8, 4) is 12.3 Å². The number of ether oxygens (including phenoxy) is 2. The lowest BCUT2D eigenvalue weighted by molar-refractivity contribution is -0.147. The van der Waals surface area contributed by atoms with Crippen molar-refractivity contribution in [2.24, 2.45) is 0 Å². The Kier molecular flexibility index (Phi) is 15.6. The van der Waals surface area contributed by atoms with Gasteiger partial charge in [-0.25, -0.2) is 9.59 Å². The minimum absolute atomic E-state index is 0.156. The molecule has 0 aliphatic heterocycles. The van der Waals surface area contributed by atoms with Crippen LogP contribution in [0.25, 0.3) is 0 Å². The van der Waals surface area contributed by atoms with Gasteiger partial charge in [0.25, 0.3) is 0 Å². The Hall–Kier alpha value is -3.29. The summed E-state index contributed by atoms with van der Waals surface area (Å²) < 4.78 is 10.1. The molecule has 0 aromatic heterocycles. The minimum atomic E-state index is -0.887. The van der Waals surface area contributed by atoms with Gasteiger partial charge in [0.2, 0.25) is 17.7 Å². The minimum Gasteiger partial charge on any atom is -0.464 e. The first-order valence-electron chi connectivity index (χ1n) is 11.4. The summed E-state index contributed by atoms with van der Waals surface area (Å²) in [5.41, 5.74) is -0.591. The third kappa shape index (κ3) is 17.3. The van der Waals surface area contributed by atoms with Gasteiger partial charge in [-0.1, -0.05) is 0 Å². The van der Waals surface area contributed by atoms with E-state index in [1.54, 1.807) is 27.7 Å². The van der Waals surface area contributed by atoms with Crippen molar-refractivity contribution in [1.82, 2.24) is 21.3 Å². The van der Waals surface area contributed by atoms with E-state index in [0.29, 0.717) is 38.6 Å². The number of carbonyl (C=O) groups is 5. The van der Waals surface area contributed by atoms with Crippen molar-refractivity contribution >= 4 is 29.8 Å². The maximum absolute atomic E-state index is 12.2. The molecule has 0 aliphatic rings. The number of nitrogens with one attached hydrogen (secondary N) is 4. The lowest BCUT2D eigenvalue weighted by atomic mass is 10.1. The molecule has 34 heavy (non-hydrogen) atoms. The van der Waals surface area contributed by atoms with E-state index in [9.17, 15) is 24.0 Å². The van der Waals surface area contributed by atoms with Crippen LogP contribution in [0.1, 0.15) is 66.2 Å². The molecule has 11 heteroatoms. The number of carbonyl (C=O) groups excluding carboxylic acids is 5. The summed E-state index contributed by atoms with van der Waals surface area (Å²) >= 11 is 0. The topological polar surface area (TPSA) is 152 Å². The van der Waals surface area contributed by atoms with E-state index in [2.05, 4.69) is 27.2 Å². The predicted molar refractivity (Wildman–Crippen MR) is 125 cm³/mol. The number of hydrogen-bond donors (Lipinski definition) is 4. The predicted octanol–water partition coefficient (Wildman–Crippen LogP) is 0.765. The van der Waals surface area contributed by atoms with Crippen LogP contribution in [0.15, 0.2) is 0 Å². The van der Waals surface area contributed by atoms with E-state index in [0.717, 1.165) is 0 Å². The molecule has 4 N–H and O–H groups in total. The zero-order chi connectivity index (χ0) is 26.0. The van der Waals surface area contributed by atoms with E-state index in [1.165, 1.54) is 0 Å². The van der Waals surface area contributed by atoms with Crippen LogP contribution in [0.4, 0.5) is 4.79 Å². The first kappa shape index (κ1) is 30.7. The molecule has 0 rings (SSSR count). The van der Waals surface area contributed by atoms with Gasteiger partial charge in [-0.2, -0.15) is 0 Å². The molecule has 0 bridgehead atoms. The van der Waals surface area contributed by atoms with E-state index >= 15 is 0 Å². The summed E-state index contributed by atoms with van der Waals surface area (Å²) in [7, 11) is 0. The third-order valence-corrected chi connectivity index (χ3v) is 4.11. The van der Waals surface area contributed by atoms with Crippen molar-refractivity contribution in [2.75, 3.05) is 26.2 Å². The highest BCUT2D eigenvalue weighted by atomic mass is 16.6. The second-order valence-electron chi connectivity index (χ2n) is 8.41. The lowest BCUT2D eigenvalue weighted by Crippen LogP contribution is -2.47. The van der Waals surface area contributed by atoms with Gasteiger partial charge < -0.3 is 30.7 Å². The molecule has 192 valence electrons. The number of amides is 4. The second-order valence-corrected chi connectivity index (χ2v) is 8.41. The first-order chi connectivity index (χ1) is 16.0. The van der Waals surface area contributed by atoms with Crippen LogP contribution >= 0.6 is 0 Å². The Morgan fingerprint density at radius 2 is 1.56 bits per heavy atom. The summed E-state index contributed by atoms with van der Waals surface area (Å²) in [5.74, 6) is 0.424. The molecular formula is C23H38N4O7. The molecule has 11 nitrogen and oxygen atoms in total. The van der Waals surface area contributed by atoms with Crippen LogP contribution in [0.2, 0.25) is 0 Å². The molecule has 0 heterocycles. The average molecular weight is 483 g/mol. The highest BCUT2D eigenvalue weighted by molar-refractivity contribution is 5.90. The van der Waals surface area contributed by atoms with E-state index in [1.807, 2.05) is 0 Å². The fraction of sp³-hybridized carbons (Fsp3) is 0.696. The summed E-state index contributed by atoms with van der Waals surface area (Å²) in [6.07, 6.45) is 7.18. The van der Waals surface area contributed by atoms with Gasteiger partial charge in [0, 0.05) is 19.4 Å². The maximum atomic E-state index is 12.2. The quantitative estimate of drug-likeness (QED) is 0.153. The van der Waals surface area contributed by atoms with Crippen molar-refractivity contribution < 1.29 is 33.4 Å². The molecule has 0 aliphatic carbocycles. The normalized spacial score (nSPS) is 11.4. The van der Waals surface area contributed by atoms with Gasteiger partial charge >= 0.3 is 12.1 Å². The van der Waals surface area contributed by atoms with Crippen LogP contribution in [-0.2, 0) is 28.7 Å². The number of esters is 1. The van der Waals surface area contributed by atoms with Gasteiger partial charge in [-0.3, -0.25) is 14.4 Å². The number of terminal acetylenes is 1. The number of alkyl carbamates (subject to hydrolysis) is 1. The van der Waals surface area contributed by atoms with Crippen molar-refractivity contribution in [3.05, 3.63) is 0 Å². The SMILES string of the molecule is C#CCCCC(=O)NCC(=O)NCC(=O)N[C@@H](CCCCNC(=O)OC(C)(C)C)C(=O)OCC. The van der Waals surface area contributed by atoms with Crippen LogP contribution in [0, 0.1) is 12.3 Å². The van der Waals surface area contributed by atoms with E-state index < -0.39 is 35.5 Å². The average Bonchev–Trinajstić information content (AvgIpc) is 2.74. The van der Waals surface area contributed by atoms with Crippen LogP contribution in [0.3, 0.4) is 0 Å². The molecule has 0 unspecified atom stereocenters. The largest absolute Gasteiger partial charge is 0.464 e. The third-order valence-electron chi connectivity index (χ3n) is 4.11. The van der Waals surface area contributed by atoms with Crippen LogP contribution in [0.5, 0.6) is 0 Å². The van der Waals surface area contributed by atoms with Gasteiger partial charge in [-0.05, 0) is 53.4 Å². The second kappa shape index (κ2) is 17.2. The fourth-order valence-electron chi connectivity index (χ4n) is 2.57. The Bertz CT molecular complexity index is 726. The van der Waals surface area contributed by atoms with E-state index in [4.69, 9.17) is 15.9 Å². The van der Waals surface area contributed by atoms with Crippen molar-refractivity contribution in [1.29, 1.82) is 0 Å². The number of rotatable bonds is 15. The molecule has 0 radical (unpaired) electrons. The highest BCUT2D eigenvalue weighted by Crippen LogP contribution is 2.07. The summed E-state index contributed by atoms with van der Waals surface area (Å²) in [6.45, 7) is 6.83. The zero-order valence-corrected chi connectivity index (χ0v) is 20.6. The highest BCUT2D eigenvalue weighted by Gasteiger charge is 2.22. The first-order valence-corrected chi connectivity index (χ1v) is 11.4. The number of unbranched alkanes of at least 4 members (excludes halogenated alkanes) is 2. The van der Waals surface area contributed by atoms with Gasteiger partial charge in [0.05, 0.1) is 19.7 Å². The Morgan fingerprint density at radius 1 is 0.912 bits per heavy atom. The standard InChI is InChI=1S/C23H38N4O7/c1-6-8-9-13-18(28)25-15-19(29)26-16-20(30)27-17(21(31)33-7-2)12-10-11-14-24-22(32)34-23(3,4)5/h1,17H,7-16H2,2-5H3,(H,24,32)(H,25,28)(H,26,29)(H,27,30)/t17-/m0/s1. The lowest BCUT2D eigenvalue weighted by Gasteiger charge is -2.20. The zero-order valence-electron chi connectivity index (χ0n) is 20.6. The number of hydrogen-bond acceptors (Lipinski definition) is 7. The molecule has 0 spiro atoms. The molecule has 0 aromatic carbocycles. The van der Waals surface area contributed by atoms with Crippen LogP contribution in [-0.4, -0.2) is 67.7 Å². The monoisotopic (exact) mass is 482 g/mol. The van der Waals surface area contributed by atoms with Gasteiger partial charge in [-0.15, -0.1) is 12.3 Å². The Balaban J connectivity index is 4.35. The van der Waals surface area contributed by atoms with Crippen molar-refractivity contribution in [3.63, 3.8) is 0 Å². The van der Waals surface area contributed by atoms with Gasteiger partial charge in [0.15, 0.2) is 0 Å². The molecule has 1 atom stereocenters. The van der Waals surface area contributed by atoms with E-state index in [-0.39, 0.29) is 32.0 Å². The maximum Gasteiger partial charge on any atom is 0.407 e. The molecular weight excluding hydrogens is 444 g/mol. The smallest absolute Gasteiger partial charge is 0.407 e.